The smallest absolute Gasteiger partial charge is 0.260 e. The summed E-state index contributed by atoms with van der Waals surface area (Å²) in [5, 5.41) is 0. The fourth-order valence-corrected chi connectivity index (χ4v) is 5.04. The van der Waals surface area contributed by atoms with Crippen LogP contribution in [0.4, 0.5) is 0 Å². The zero-order valence-electron chi connectivity index (χ0n) is 3.73. The minimum Gasteiger partial charge on any atom is -0.288 e. The molecule has 0 bridgehead atoms. The maximum atomic E-state index is 10.6. The normalized spacial score (nSPS) is 11.9. The predicted molar refractivity (Wildman–Crippen MR) is 43.6 cm³/mol. The van der Waals surface area contributed by atoms with E-state index in [1.165, 1.54) is 11.4 Å². The first-order valence-corrected chi connectivity index (χ1v) is 9.03. The second-order valence-electron chi connectivity index (χ2n) is 0.832. The lowest BCUT2D eigenvalue weighted by Crippen LogP contribution is -1.54. The molecule has 5 heteroatoms. The third-order valence-corrected chi connectivity index (χ3v) is 6.20. The molecule has 0 aromatic rings. The highest BCUT2D eigenvalue weighted by Gasteiger charge is 2.09. The fraction of sp³-hybridized carbons (Fsp3) is 1.00. The zero-order valence-corrected chi connectivity index (χ0v) is 8.61. The fourth-order valence-electron chi connectivity index (χ4n) is 0.150. The molecule has 1 nitrogen and oxygen atoms in total. The summed E-state index contributed by atoms with van der Waals surface area (Å²) in [4.78, 5) is 0. The van der Waals surface area contributed by atoms with Crippen molar-refractivity contribution in [2.24, 2.45) is 0 Å². The third-order valence-electron chi connectivity index (χ3n) is 0.279. The van der Waals surface area contributed by atoms with Crippen molar-refractivity contribution in [1.29, 1.82) is 0 Å². The van der Waals surface area contributed by atoms with Gasteiger partial charge in [-0.25, -0.2) is 0 Å². The summed E-state index contributed by atoms with van der Waals surface area (Å²) < 4.78 is 8.49. The minimum absolute atomic E-state index is 0.869. The van der Waals surface area contributed by atoms with Gasteiger partial charge in [0.2, 0.25) is 0 Å². The molecule has 0 aliphatic carbocycles. The second kappa shape index (κ2) is 3.54. The third kappa shape index (κ3) is 7.54. The van der Waals surface area contributed by atoms with Crippen molar-refractivity contribution in [2.45, 2.75) is 6.92 Å². The monoisotopic (exact) mass is 266 g/mol. The van der Waals surface area contributed by atoms with Gasteiger partial charge in [0.1, 0.15) is 0 Å². The van der Waals surface area contributed by atoms with E-state index in [2.05, 4.69) is 31.0 Å². The van der Waals surface area contributed by atoms with Crippen molar-refractivity contribution >= 4 is 46.1 Å². The van der Waals surface area contributed by atoms with Crippen LogP contribution in [0.1, 0.15) is 6.92 Å². The highest BCUT2D eigenvalue weighted by atomic mass is 79.9. The van der Waals surface area contributed by atoms with Gasteiger partial charge in [0.15, 0.2) is 0 Å². The Kier molecular flexibility index (Phi) is 4.32. The van der Waals surface area contributed by atoms with Crippen LogP contribution in [0.15, 0.2) is 0 Å². The van der Waals surface area contributed by atoms with Gasteiger partial charge in [-0.3, -0.25) is 4.57 Å². The van der Waals surface area contributed by atoms with Gasteiger partial charge in [-0.1, -0.05) is 18.3 Å². The molecular formula is C2H5Br2OPS. The molecular weight excluding hydrogens is 263 g/mol. The lowest BCUT2D eigenvalue weighted by Gasteiger charge is -1.94. The molecule has 0 heterocycles. The Hall–Kier alpha value is 1.54. The van der Waals surface area contributed by atoms with Crippen LogP contribution in [0, 0.1) is 0 Å². The molecule has 0 spiro atoms. The number of halogens is 2. The average molecular weight is 268 g/mol. The van der Waals surface area contributed by atoms with Crippen LogP contribution < -0.4 is 0 Å². The summed E-state index contributed by atoms with van der Waals surface area (Å²) in [7, 11) is 0. The summed E-state index contributed by atoms with van der Waals surface area (Å²) in [5.74, 6) is 0.869. The first-order valence-electron chi connectivity index (χ1n) is 1.70. The van der Waals surface area contributed by atoms with Crippen molar-refractivity contribution in [3.05, 3.63) is 0 Å². The average Bonchev–Trinajstić information content (AvgIpc) is 1.30. The van der Waals surface area contributed by atoms with Crippen LogP contribution in [0.2, 0.25) is 0 Å². The van der Waals surface area contributed by atoms with E-state index in [0.717, 1.165) is 5.75 Å². The number of hydrogen-bond acceptors (Lipinski definition) is 2. The Balaban J connectivity index is 3.36. The molecule has 0 aromatic carbocycles. The first-order chi connectivity index (χ1) is 3.06. The van der Waals surface area contributed by atoms with Crippen LogP contribution >= 0.6 is 46.1 Å². The topological polar surface area (TPSA) is 17.1 Å². The van der Waals surface area contributed by atoms with Crippen LogP contribution in [0.5, 0.6) is 0 Å². The summed E-state index contributed by atoms with van der Waals surface area (Å²) in [6.07, 6.45) is 0. The highest BCUT2D eigenvalue weighted by Crippen LogP contribution is 2.71. The first kappa shape index (κ1) is 8.54. The van der Waals surface area contributed by atoms with Crippen molar-refractivity contribution in [3.63, 3.8) is 0 Å². The Bertz CT molecular complexity index is 89.7. The van der Waals surface area contributed by atoms with E-state index in [4.69, 9.17) is 0 Å². The molecule has 0 N–H and O–H groups in total. The van der Waals surface area contributed by atoms with E-state index >= 15 is 0 Å². The maximum absolute atomic E-state index is 10.6. The lowest BCUT2D eigenvalue weighted by atomic mass is 11.0. The van der Waals surface area contributed by atoms with Gasteiger partial charge in [0, 0.05) is 31.0 Å². The molecule has 0 rings (SSSR count). The van der Waals surface area contributed by atoms with E-state index in [0.29, 0.717) is 0 Å². The van der Waals surface area contributed by atoms with Crippen molar-refractivity contribution in [2.75, 3.05) is 5.75 Å². The summed E-state index contributed by atoms with van der Waals surface area (Å²) >= 11 is 7.33. The summed E-state index contributed by atoms with van der Waals surface area (Å²) in [6, 6.07) is 0. The Morgan fingerprint density at radius 2 is 2.14 bits per heavy atom. The second-order valence-corrected chi connectivity index (χ2v) is 16.5. The van der Waals surface area contributed by atoms with E-state index in [9.17, 15) is 4.57 Å². The molecule has 7 heavy (non-hydrogen) atoms. The lowest BCUT2D eigenvalue weighted by molar-refractivity contribution is 0.602. The predicted octanol–water partition coefficient (Wildman–Crippen LogP) is 3.64. The molecule has 0 saturated heterocycles. The van der Waals surface area contributed by atoms with Gasteiger partial charge in [-0.05, 0) is 5.75 Å². The molecule has 0 aromatic heterocycles. The van der Waals surface area contributed by atoms with Crippen LogP contribution in [-0.4, -0.2) is 5.75 Å². The van der Waals surface area contributed by atoms with Crippen LogP contribution in [-0.2, 0) is 4.57 Å². The van der Waals surface area contributed by atoms with Gasteiger partial charge in [-0.15, -0.1) is 0 Å². The van der Waals surface area contributed by atoms with Crippen molar-refractivity contribution in [3.8, 4) is 0 Å². The molecule has 0 radical (unpaired) electrons. The Morgan fingerprint density at radius 3 is 2.14 bits per heavy atom. The van der Waals surface area contributed by atoms with Crippen molar-refractivity contribution < 1.29 is 4.57 Å². The van der Waals surface area contributed by atoms with E-state index in [-0.39, 0.29) is 0 Å². The molecule has 0 amide bonds. The molecule has 0 saturated carbocycles. The van der Waals surface area contributed by atoms with Gasteiger partial charge in [0.05, 0.1) is 0 Å². The van der Waals surface area contributed by atoms with Gasteiger partial charge in [0.25, 0.3) is 3.75 Å². The zero-order chi connectivity index (χ0) is 5.91. The molecule has 0 atom stereocenters. The van der Waals surface area contributed by atoms with Gasteiger partial charge < -0.3 is 0 Å². The number of hydrogen-bond donors (Lipinski definition) is 0. The van der Waals surface area contributed by atoms with Gasteiger partial charge >= 0.3 is 0 Å². The SMILES string of the molecule is CCSP(=O)(Br)Br. The largest absolute Gasteiger partial charge is 0.288 e. The quantitative estimate of drug-likeness (QED) is 0.711. The van der Waals surface area contributed by atoms with E-state index in [1.807, 2.05) is 6.92 Å². The Labute approximate surface area is 63.2 Å². The minimum atomic E-state index is -2.12. The summed E-state index contributed by atoms with van der Waals surface area (Å²) in [5.41, 5.74) is 0. The molecule has 0 aliphatic heterocycles. The molecule has 0 unspecified atom stereocenters. The van der Waals surface area contributed by atoms with Crippen LogP contribution in [0.3, 0.4) is 0 Å². The Morgan fingerprint density at radius 1 is 1.71 bits per heavy atom. The maximum Gasteiger partial charge on any atom is 0.260 e. The molecule has 0 fully saturated rings. The standard InChI is InChI=1S/C2H5Br2OPS/c1-2-7-6(3,4)5/h2H2,1H3. The molecule has 0 aliphatic rings. The van der Waals surface area contributed by atoms with Crippen LogP contribution in [0.25, 0.3) is 0 Å². The van der Waals surface area contributed by atoms with E-state index < -0.39 is 3.75 Å². The molecule has 44 valence electrons. The number of rotatable bonds is 2. The van der Waals surface area contributed by atoms with Gasteiger partial charge in [-0.2, -0.15) is 0 Å². The van der Waals surface area contributed by atoms with Crippen molar-refractivity contribution in [1.82, 2.24) is 0 Å². The summed E-state index contributed by atoms with van der Waals surface area (Å²) in [6.45, 7) is 1.96. The highest BCUT2D eigenvalue weighted by molar-refractivity contribution is 9.79. The van der Waals surface area contributed by atoms with E-state index in [1.54, 1.807) is 0 Å².